The third-order valence-electron chi connectivity index (χ3n) is 6.11. The van der Waals surface area contributed by atoms with E-state index in [1.165, 1.54) is 42.3 Å². The van der Waals surface area contributed by atoms with E-state index in [9.17, 15) is 18.0 Å². The number of nitrogens with one attached hydrogen (secondary N) is 1. The molecule has 0 aliphatic heterocycles. The fourth-order valence-electron chi connectivity index (χ4n) is 4.16. The predicted octanol–water partition coefficient (Wildman–Crippen LogP) is 5.53. The summed E-state index contributed by atoms with van der Waals surface area (Å²) in [5.41, 5.74) is 0.878. The van der Waals surface area contributed by atoms with Gasteiger partial charge in [0.15, 0.2) is 0 Å². The van der Waals surface area contributed by atoms with Gasteiger partial charge in [-0.15, -0.1) is 0 Å². The number of carbonyl (C=O) groups is 2. The molecule has 0 saturated carbocycles. The number of hydrogen-bond donors (Lipinski definition) is 1. The molecule has 0 aromatic heterocycles. The van der Waals surface area contributed by atoms with Gasteiger partial charge in [0.25, 0.3) is 10.0 Å². The quantitative estimate of drug-likeness (QED) is 0.293. The van der Waals surface area contributed by atoms with Gasteiger partial charge in [0.1, 0.15) is 18.3 Å². The van der Waals surface area contributed by atoms with Gasteiger partial charge in [-0.1, -0.05) is 60.5 Å². The van der Waals surface area contributed by atoms with Crippen LogP contribution in [0.5, 0.6) is 5.75 Å². The first-order chi connectivity index (χ1) is 19.0. The van der Waals surface area contributed by atoms with Crippen molar-refractivity contribution in [3.8, 4) is 5.75 Å². The topological polar surface area (TPSA) is 96.0 Å². The lowest BCUT2D eigenvalue weighted by atomic mass is 10.1. The van der Waals surface area contributed by atoms with Crippen molar-refractivity contribution in [3.05, 3.63) is 88.4 Å². The number of hydrogen-bond acceptors (Lipinski definition) is 5. The molecule has 0 aliphatic carbocycles. The summed E-state index contributed by atoms with van der Waals surface area (Å²) < 4.78 is 34.0. The molecule has 3 aromatic carbocycles. The molecule has 2 amide bonds. The van der Waals surface area contributed by atoms with E-state index in [1.54, 1.807) is 43.3 Å². The van der Waals surface area contributed by atoms with Crippen molar-refractivity contribution in [1.29, 1.82) is 0 Å². The van der Waals surface area contributed by atoms with E-state index in [4.69, 9.17) is 27.9 Å². The monoisotopic (exact) mass is 605 g/mol. The predicted molar refractivity (Wildman–Crippen MR) is 158 cm³/mol. The van der Waals surface area contributed by atoms with Gasteiger partial charge in [0, 0.05) is 12.6 Å². The van der Waals surface area contributed by atoms with Crippen LogP contribution in [0.25, 0.3) is 0 Å². The standard InChI is InChI=1S/C29H33Cl2N3O5S/c1-5-27(29(36)32-20(2)3)33(18-21-10-9-11-23(16-21)39-4)28(35)19-34(22-14-15-25(30)26(31)17-22)40(37,38)24-12-7-6-8-13-24/h6-17,20,27H,5,18-19H2,1-4H3,(H,32,36)/t27-/m0/s1. The molecular formula is C29H33Cl2N3O5S. The summed E-state index contributed by atoms with van der Waals surface area (Å²) in [5, 5.41) is 3.25. The summed E-state index contributed by atoms with van der Waals surface area (Å²) in [6, 6.07) is 18.3. The van der Waals surface area contributed by atoms with Crippen LogP contribution in [0.2, 0.25) is 10.0 Å². The molecule has 0 saturated heterocycles. The number of methoxy groups -OCH3 is 1. The average molecular weight is 607 g/mol. The molecule has 0 fully saturated rings. The molecule has 3 rings (SSSR count). The number of benzene rings is 3. The minimum absolute atomic E-state index is 0.00203. The fourth-order valence-corrected chi connectivity index (χ4v) is 5.88. The highest BCUT2D eigenvalue weighted by atomic mass is 35.5. The number of sulfonamides is 1. The van der Waals surface area contributed by atoms with Gasteiger partial charge in [0.05, 0.1) is 27.7 Å². The Kier molecular flexibility index (Phi) is 10.8. The summed E-state index contributed by atoms with van der Waals surface area (Å²) in [4.78, 5) is 28.7. The smallest absolute Gasteiger partial charge is 0.264 e. The third-order valence-corrected chi connectivity index (χ3v) is 8.63. The third kappa shape index (κ3) is 7.68. The number of anilines is 1. The van der Waals surface area contributed by atoms with Crippen LogP contribution in [0.3, 0.4) is 0 Å². The van der Waals surface area contributed by atoms with Gasteiger partial charge < -0.3 is 15.0 Å². The van der Waals surface area contributed by atoms with E-state index >= 15 is 0 Å². The number of nitrogens with zero attached hydrogens (tertiary/aromatic N) is 2. The second-order valence-electron chi connectivity index (χ2n) is 9.38. The lowest BCUT2D eigenvalue weighted by Gasteiger charge is -2.33. The van der Waals surface area contributed by atoms with Crippen molar-refractivity contribution in [1.82, 2.24) is 10.2 Å². The molecule has 8 nitrogen and oxygen atoms in total. The molecule has 0 aliphatic rings. The van der Waals surface area contributed by atoms with Crippen molar-refractivity contribution in [2.24, 2.45) is 0 Å². The first-order valence-corrected chi connectivity index (χ1v) is 14.9. The SMILES string of the molecule is CC[C@@H](C(=O)NC(C)C)N(Cc1cccc(OC)c1)C(=O)CN(c1ccc(Cl)c(Cl)c1)S(=O)(=O)c1ccccc1. The molecule has 214 valence electrons. The Balaban J connectivity index is 2.08. The molecule has 0 bridgehead atoms. The maximum Gasteiger partial charge on any atom is 0.264 e. The molecule has 0 radical (unpaired) electrons. The maximum atomic E-state index is 14.1. The summed E-state index contributed by atoms with van der Waals surface area (Å²) in [7, 11) is -2.67. The number of carbonyl (C=O) groups excluding carboxylic acids is 2. The van der Waals surface area contributed by atoms with Crippen molar-refractivity contribution in [2.75, 3.05) is 18.0 Å². The molecule has 0 unspecified atom stereocenters. The highest BCUT2D eigenvalue weighted by Crippen LogP contribution is 2.31. The van der Waals surface area contributed by atoms with Gasteiger partial charge in [-0.2, -0.15) is 0 Å². The van der Waals surface area contributed by atoms with E-state index in [0.29, 0.717) is 12.2 Å². The fraction of sp³-hybridized carbons (Fsp3) is 0.310. The largest absolute Gasteiger partial charge is 0.497 e. The lowest BCUT2D eigenvalue weighted by molar-refractivity contribution is -0.140. The molecule has 40 heavy (non-hydrogen) atoms. The van der Waals surface area contributed by atoms with Gasteiger partial charge in [0.2, 0.25) is 11.8 Å². The van der Waals surface area contributed by atoms with Gasteiger partial charge in [-0.25, -0.2) is 8.42 Å². The lowest BCUT2D eigenvalue weighted by Crippen LogP contribution is -2.53. The number of ether oxygens (including phenoxy) is 1. The zero-order valence-corrected chi connectivity index (χ0v) is 25.1. The van der Waals surface area contributed by atoms with E-state index in [0.717, 1.165) is 9.87 Å². The first-order valence-electron chi connectivity index (χ1n) is 12.7. The van der Waals surface area contributed by atoms with Crippen LogP contribution >= 0.6 is 23.2 Å². The highest BCUT2D eigenvalue weighted by Gasteiger charge is 2.34. The summed E-state index contributed by atoms with van der Waals surface area (Å²) in [6.45, 7) is 4.94. The zero-order chi connectivity index (χ0) is 29.4. The van der Waals surface area contributed by atoms with E-state index in [-0.39, 0.29) is 39.1 Å². The van der Waals surface area contributed by atoms with Crippen LogP contribution in [0.1, 0.15) is 32.8 Å². The minimum Gasteiger partial charge on any atom is -0.497 e. The maximum absolute atomic E-state index is 14.1. The van der Waals surface area contributed by atoms with Crippen LogP contribution in [0.15, 0.2) is 77.7 Å². The molecule has 0 heterocycles. The number of rotatable bonds is 12. The Bertz CT molecular complexity index is 1430. The van der Waals surface area contributed by atoms with E-state index in [2.05, 4.69) is 5.32 Å². The van der Waals surface area contributed by atoms with Crippen LogP contribution in [-0.4, -0.2) is 50.9 Å². The summed E-state index contributed by atoms with van der Waals surface area (Å²) in [6.07, 6.45) is 0.312. The Labute approximate surface area is 245 Å². The van der Waals surface area contributed by atoms with E-state index < -0.39 is 28.5 Å². The second-order valence-corrected chi connectivity index (χ2v) is 12.1. The van der Waals surface area contributed by atoms with Crippen molar-refractivity contribution < 1.29 is 22.7 Å². The van der Waals surface area contributed by atoms with Gasteiger partial charge in [-0.05, 0) is 68.3 Å². The average Bonchev–Trinajstić information content (AvgIpc) is 2.93. The minimum atomic E-state index is -4.20. The van der Waals surface area contributed by atoms with Crippen molar-refractivity contribution in [2.45, 2.75) is 50.7 Å². The van der Waals surface area contributed by atoms with Gasteiger partial charge >= 0.3 is 0 Å². The molecule has 0 spiro atoms. The highest BCUT2D eigenvalue weighted by molar-refractivity contribution is 7.92. The first kappa shape index (κ1) is 31.3. The molecule has 3 aromatic rings. The second kappa shape index (κ2) is 13.9. The Morgan fingerprint density at radius 1 is 0.950 bits per heavy atom. The van der Waals surface area contributed by atoms with Crippen molar-refractivity contribution >= 4 is 50.7 Å². The van der Waals surface area contributed by atoms with Crippen LogP contribution in [0, 0.1) is 0 Å². The molecular weight excluding hydrogens is 573 g/mol. The Hall–Kier alpha value is -3.27. The molecule has 11 heteroatoms. The number of amides is 2. The summed E-state index contributed by atoms with van der Waals surface area (Å²) >= 11 is 12.3. The normalized spacial score (nSPS) is 12.1. The van der Waals surface area contributed by atoms with Crippen LogP contribution < -0.4 is 14.4 Å². The summed E-state index contributed by atoms with van der Waals surface area (Å²) in [5.74, 6) is -0.312. The Morgan fingerprint density at radius 2 is 1.65 bits per heavy atom. The molecule has 1 atom stereocenters. The van der Waals surface area contributed by atoms with Crippen molar-refractivity contribution in [3.63, 3.8) is 0 Å². The van der Waals surface area contributed by atoms with Crippen LogP contribution in [-0.2, 0) is 26.2 Å². The van der Waals surface area contributed by atoms with Gasteiger partial charge in [-0.3, -0.25) is 13.9 Å². The van der Waals surface area contributed by atoms with Crippen LogP contribution in [0.4, 0.5) is 5.69 Å². The van der Waals surface area contributed by atoms with E-state index in [1.807, 2.05) is 19.9 Å². The molecule has 1 N–H and O–H groups in total. The zero-order valence-electron chi connectivity index (χ0n) is 22.8. The number of halogens is 2. The Morgan fingerprint density at radius 3 is 2.25 bits per heavy atom.